The summed E-state index contributed by atoms with van der Waals surface area (Å²) < 4.78 is 5.14. The van der Waals surface area contributed by atoms with Gasteiger partial charge in [-0.2, -0.15) is 0 Å². The Balaban J connectivity index is 1.69. The van der Waals surface area contributed by atoms with Gasteiger partial charge in [0.05, 0.1) is 6.42 Å². The quantitative estimate of drug-likeness (QED) is 0.766. The second kappa shape index (κ2) is 8.70. The van der Waals surface area contributed by atoms with Gasteiger partial charge in [0.25, 0.3) is 5.91 Å². The summed E-state index contributed by atoms with van der Waals surface area (Å²) in [6.45, 7) is 0.925. The lowest BCUT2D eigenvalue weighted by molar-refractivity contribution is -0.144. The summed E-state index contributed by atoms with van der Waals surface area (Å²) in [4.78, 5) is 23.5. The highest BCUT2D eigenvalue weighted by Gasteiger charge is 2.07. The molecule has 0 fully saturated rings. The summed E-state index contributed by atoms with van der Waals surface area (Å²) in [5.74, 6) is -0.558. The number of amides is 1. The molecule has 0 spiro atoms. The molecule has 0 saturated carbocycles. The highest BCUT2D eigenvalue weighted by atomic mass is 16.5. The van der Waals surface area contributed by atoms with E-state index in [0.717, 1.165) is 11.1 Å². The van der Waals surface area contributed by atoms with Crippen LogP contribution in [0.5, 0.6) is 0 Å². The molecule has 2 rings (SSSR count). The molecule has 0 aromatic heterocycles. The third-order valence-corrected chi connectivity index (χ3v) is 3.31. The molecule has 5 nitrogen and oxygen atoms in total. The number of benzene rings is 2. The maximum absolute atomic E-state index is 11.9. The molecule has 120 valence electrons. The van der Waals surface area contributed by atoms with Gasteiger partial charge in [-0.1, -0.05) is 42.5 Å². The zero-order valence-electron chi connectivity index (χ0n) is 12.8. The van der Waals surface area contributed by atoms with Gasteiger partial charge in [0.1, 0.15) is 6.61 Å². The zero-order valence-corrected chi connectivity index (χ0v) is 12.8. The van der Waals surface area contributed by atoms with Gasteiger partial charge in [-0.15, -0.1) is 0 Å². The normalized spacial score (nSPS) is 10.1. The fourth-order valence-corrected chi connectivity index (χ4v) is 1.98. The molecular weight excluding hydrogens is 292 g/mol. The van der Waals surface area contributed by atoms with Crippen LogP contribution in [0.4, 0.5) is 0 Å². The molecule has 0 radical (unpaired) electrons. The van der Waals surface area contributed by atoms with Crippen molar-refractivity contribution >= 4 is 11.9 Å². The summed E-state index contributed by atoms with van der Waals surface area (Å²) >= 11 is 0. The minimum atomic E-state index is -0.340. The zero-order chi connectivity index (χ0) is 16.5. The van der Waals surface area contributed by atoms with Crippen LogP contribution in [0.1, 0.15) is 27.9 Å². The summed E-state index contributed by atoms with van der Waals surface area (Å²) in [7, 11) is 0. The Morgan fingerprint density at radius 2 is 1.65 bits per heavy atom. The average Bonchev–Trinajstić information content (AvgIpc) is 2.61. The highest BCUT2D eigenvalue weighted by Crippen LogP contribution is 2.04. The predicted octanol–water partition coefficient (Wildman–Crippen LogP) is 2.01. The maximum atomic E-state index is 11.9. The van der Waals surface area contributed by atoms with Crippen molar-refractivity contribution in [3.63, 3.8) is 0 Å². The van der Waals surface area contributed by atoms with E-state index in [4.69, 9.17) is 10.5 Å². The van der Waals surface area contributed by atoms with E-state index in [0.29, 0.717) is 12.1 Å². The second-order valence-electron chi connectivity index (χ2n) is 5.05. The molecule has 0 aliphatic carbocycles. The van der Waals surface area contributed by atoms with Crippen molar-refractivity contribution < 1.29 is 14.3 Å². The molecule has 0 atom stereocenters. The van der Waals surface area contributed by atoms with Crippen LogP contribution in [0, 0.1) is 0 Å². The molecule has 2 aromatic rings. The lowest BCUT2D eigenvalue weighted by atomic mass is 10.1. The number of carbonyl (C=O) groups is 2. The first kappa shape index (κ1) is 16.7. The molecule has 0 unspecified atom stereocenters. The first-order valence-electron chi connectivity index (χ1n) is 7.46. The highest BCUT2D eigenvalue weighted by molar-refractivity contribution is 5.94. The molecule has 1 amide bonds. The van der Waals surface area contributed by atoms with Crippen LogP contribution in [-0.4, -0.2) is 18.4 Å². The Morgan fingerprint density at radius 1 is 0.957 bits per heavy atom. The Bertz CT molecular complexity index is 639. The lowest BCUT2D eigenvalue weighted by Crippen LogP contribution is -2.26. The molecule has 2 aromatic carbocycles. The molecule has 3 N–H and O–H groups in total. The van der Waals surface area contributed by atoms with Gasteiger partial charge in [0.15, 0.2) is 0 Å². The summed E-state index contributed by atoms with van der Waals surface area (Å²) in [5, 5.41) is 2.69. The van der Waals surface area contributed by atoms with Crippen molar-refractivity contribution in [2.75, 3.05) is 6.54 Å². The number of nitrogens with two attached hydrogens (primary N) is 1. The average molecular weight is 312 g/mol. The van der Waals surface area contributed by atoms with Gasteiger partial charge in [-0.3, -0.25) is 9.59 Å². The van der Waals surface area contributed by atoms with E-state index in [9.17, 15) is 9.59 Å². The number of esters is 1. The Kier molecular flexibility index (Phi) is 6.32. The maximum Gasteiger partial charge on any atom is 0.307 e. The number of nitrogens with one attached hydrogen (secondary N) is 1. The van der Waals surface area contributed by atoms with Crippen molar-refractivity contribution in [1.29, 1.82) is 0 Å². The number of rotatable bonds is 7. The minimum absolute atomic E-state index is 0.138. The van der Waals surface area contributed by atoms with Crippen molar-refractivity contribution in [2.24, 2.45) is 5.73 Å². The van der Waals surface area contributed by atoms with E-state index < -0.39 is 0 Å². The van der Waals surface area contributed by atoms with Gasteiger partial charge in [0, 0.05) is 18.7 Å². The molecule has 5 heteroatoms. The summed E-state index contributed by atoms with van der Waals surface area (Å²) in [6.07, 6.45) is 0.138. The molecule has 0 aliphatic rings. The Labute approximate surface area is 135 Å². The van der Waals surface area contributed by atoms with Gasteiger partial charge in [0.2, 0.25) is 0 Å². The Morgan fingerprint density at radius 3 is 2.30 bits per heavy atom. The SMILES string of the molecule is NCc1ccc(C(=O)NCCC(=O)OCc2ccccc2)cc1. The van der Waals surface area contributed by atoms with Crippen molar-refractivity contribution in [3.05, 3.63) is 71.3 Å². The molecule has 0 aliphatic heterocycles. The van der Waals surface area contributed by atoms with Gasteiger partial charge in [-0.05, 0) is 23.3 Å². The largest absolute Gasteiger partial charge is 0.461 e. The van der Waals surface area contributed by atoms with Crippen molar-refractivity contribution in [2.45, 2.75) is 19.6 Å². The summed E-state index contributed by atoms with van der Waals surface area (Å²) in [5.41, 5.74) is 7.95. The third kappa shape index (κ3) is 5.56. The fraction of sp³-hybridized carbons (Fsp3) is 0.222. The number of hydrogen-bond donors (Lipinski definition) is 2. The van der Waals surface area contributed by atoms with Gasteiger partial charge < -0.3 is 15.8 Å². The lowest BCUT2D eigenvalue weighted by Gasteiger charge is -2.07. The molecule has 0 bridgehead atoms. The van der Waals surface area contributed by atoms with E-state index in [-0.39, 0.29) is 31.4 Å². The van der Waals surface area contributed by atoms with Crippen LogP contribution in [0.3, 0.4) is 0 Å². The number of ether oxygens (including phenoxy) is 1. The van der Waals surface area contributed by atoms with Crippen LogP contribution in [-0.2, 0) is 22.7 Å². The van der Waals surface area contributed by atoms with Crippen molar-refractivity contribution in [3.8, 4) is 0 Å². The summed E-state index contributed by atoms with van der Waals surface area (Å²) in [6, 6.07) is 16.5. The van der Waals surface area contributed by atoms with E-state index in [1.54, 1.807) is 12.1 Å². The van der Waals surface area contributed by atoms with E-state index in [1.807, 2.05) is 42.5 Å². The molecule has 23 heavy (non-hydrogen) atoms. The topological polar surface area (TPSA) is 81.4 Å². The number of hydrogen-bond acceptors (Lipinski definition) is 4. The van der Waals surface area contributed by atoms with E-state index in [1.165, 1.54) is 0 Å². The number of carbonyl (C=O) groups excluding carboxylic acids is 2. The van der Waals surface area contributed by atoms with Crippen LogP contribution in [0.15, 0.2) is 54.6 Å². The first-order valence-corrected chi connectivity index (χ1v) is 7.46. The molecule has 0 heterocycles. The van der Waals surface area contributed by atoms with Crippen LogP contribution < -0.4 is 11.1 Å². The van der Waals surface area contributed by atoms with E-state index in [2.05, 4.69) is 5.32 Å². The van der Waals surface area contributed by atoms with E-state index >= 15 is 0 Å². The second-order valence-corrected chi connectivity index (χ2v) is 5.05. The third-order valence-electron chi connectivity index (χ3n) is 3.31. The van der Waals surface area contributed by atoms with Crippen LogP contribution in [0.2, 0.25) is 0 Å². The van der Waals surface area contributed by atoms with Crippen LogP contribution >= 0.6 is 0 Å². The molecular formula is C18H20N2O3. The Hall–Kier alpha value is -2.66. The predicted molar refractivity (Wildman–Crippen MR) is 87.5 cm³/mol. The van der Waals surface area contributed by atoms with Crippen molar-refractivity contribution in [1.82, 2.24) is 5.32 Å². The fourth-order valence-electron chi connectivity index (χ4n) is 1.98. The van der Waals surface area contributed by atoms with Gasteiger partial charge >= 0.3 is 5.97 Å². The standard InChI is InChI=1S/C18H20N2O3/c19-12-14-6-8-16(9-7-14)18(22)20-11-10-17(21)23-13-15-4-2-1-3-5-15/h1-9H,10-13,19H2,(H,20,22). The molecule has 0 saturated heterocycles. The van der Waals surface area contributed by atoms with Crippen LogP contribution in [0.25, 0.3) is 0 Å². The minimum Gasteiger partial charge on any atom is -0.461 e. The first-order chi connectivity index (χ1) is 11.2. The monoisotopic (exact) mass is 312 g/mol. The van der Waals surface area contributed by atoms with Gasteiger partial charge in [-0.25, -0.2) is 0 Å². The smallest absolute Gasteiger partial charge is 0.307 e.